The second-order valence-corrected chi connectivity index (χ2v) is 11.8. The Morgan fingerprint density at radius 3 is 1.89 bits per heavy atom. The summed E-state index contributed by atoms with van der Waals surface area (Å²) in [4.78, 5) is 0. The van der Waals surface area contributed by atoms with E-state index in [9.17, 15) is 21.9 Å². The predicted molar refractivity (Wildman–Crippen MR) is 109 cm³/mol. The molecule has 0 aliphatic heterocycles. The molecule has 0 heterocycles. The molecule has 1 rings (SSSR count). The molecule has 9 heteroatoms. The molecule has 0 bridgehead atoms. The molecule has 156 valence electrons. The summed E-state index contributed by atoms with van der Waals surface area (Å²) < 4.78 is 52.6. The van der Waals surface area contributed by atoms with Gasteiger partial charge in [0.05, 0.1) is 10.5 Å². The fourth-order valence-corrected chi connectivity index (χ4v) is 3.87. The van der Waals surface area contributed by atoms with Crippen molar-refractivity contribution >= 4 is 20.0 Å². The van der Waals surface area contributed by atoms with Gasteiger partial charge in [-0.15, -0.1) is 0 Å². The van der Waals surface area contributed by atoms with Gasteiger partial charge >= 0.3 is 0 Å². The van der Waals surface area contributed by atoms with Crippen LogP contribution in [-0.2, 0) is 26.5 Å². The molecule has 1 unspecified atom stereocenters. The zero-order chi connectivity index (χ0) is 20.7. The van der Waals surface area contributed by atoms with Crippen LogP contribution in [0.2, 0.25) is 0 Å². The molecule has 1 atom stereocenters. The minimum atomic E-state index is -3.36. The summed E-state index contributed by atoms with van der Waals surface area (Å²) in [5.41, 5.74) is 1.91. The van der Waals surface area contributed by atoms with Gasteiger partial charge in [-0.05, 0) is 57.6 Å². The summed E-state index contributed by atoms with van der Waals surface area (Å²) >= 11 is 0. The average molecular weight is 421 g/mol. The molecule has 3 N–H and O–H groups in total. The maximum Gasteiger partial charge on any atom is 0.213 e. The Morgan fingerprint density at radius 2 is 1.41 bits per heavy atom. The van der Waals surface area contributed by atoms with Gasteiger partial charge < -0.3 is 5.11 Å². The fourth-order valence-electron chi connectivity index (χ4n) is 2.39. The molecule has 0 saturated carbocycles. The van der Waals surface area contributed by atoms with Crippen LogP contribution in [0.3, 0.4) is 0 Å². The second kappa shape index (κ2) is 10.5. The molecular weight excluding hydrogens is 388 g/mol. The third kappa shape index (κ3) is 7.87. The maximum atomic E-state index is 11.9. The molecule has 0 aromatic heterocycles. The summed E-state index contributed by atoms with van der Waals surface area (Å²) in [6.07, 6.45) is 1.02. The van der Waals surface area contributed by atoms with Crippen LogP contribution in [0.4, 0.5) is 0 Å². The van der Waals surface area contributed by atoms with Crippen LogP contribution in [0.1, 0.15) is 51.2 Å². The lowest BCUT2D eigenvalue weighted by Gasteiger charge is -2.19. The number of hydrogen-bond acceptors (Lipinski definition) is 5. The number of nitrogens with one attached hydrogen (secondary N) is 2. The van der Waals surface area contributed by atoms with Crippen molar-refractivity contribution in [1.82, 2.24) is 9.44 Å². The number of hydrogen-bond donors (Lipinski definition) is 3. The summed E-state index contributed by atoms with van der Waals surface area (Å²) in [5.74, 6) is -0.128. The molecule has 27 heavy (non-hydrogen) atoms. The van der Waals surface area contributed by atoms with E-state index in [-0.39, 0.29) is 19.1 Å². The first-order chi connectivity index (χ1) is 12.5. The van der Waals surface area contributed by atoms with Gasteiger partial charge in [0, 0.05) is 19.7 Å². The van der Waals surface area contributed by atoms with Crippen LogP contribution < -0.4 is 9.44 Å². The Balaban J connectivity index is 2.70. The normalized spacial score (nSPS) is 14.0. The number of benzene rings is 1. The highest BCUT2D eigenvalue weighted by molar-refractivity contribution is 7.90. The number of rotatable bonds is 12. The predicted octanol–water partition coefficient (Wildman–Crippen LogP) is 1.35. The van der Waals surface area contributed by atoms with E-state index in [1.807, 2.05) is 24.3 Å². The van der Waals surface area contributed by atoms with Gasteiger partial charge in [-0.25, -0.2) is 26.3 Å². The monoisotopic (exact) mass is 420 g/mol. The van der Waals surface area contributed by atoms with Crippen LogP contribution in [0.25, 0.3) is 0 Å². The van der Waals surface area contributed by atoms with E-state index >= 15 is 0 Å². The van der Waals surface area contributed by atoms with Crippen molar-refractivity contribution in [3.63, 3.8) is 0 Å². The van der Waals surface area contributed by atoms with Crippen molar-refractivity contribution in [3.05, 3.63) is 35.4 Å². The van der Waals surface area contributed by atoms with Gasteiger partial charge in [0.1, 0.15) is 0 Å². The van der Waals surface area contributed by atoms with Gasteiger partial charge in [-0.1, -0.05) is 24.3 Å². The molecule has 0 radical (unpaired) electrons. The average Bonchev–Trinajstić information content (AvgIpc) is 2.59. The Hall–Kier alpha value is -1.00. The van der Waals surface area contributed by atoms with Crippen LogP contribution in [0.5, 0.6) is 0 Å². The third-order valence-corrected chi connectivity index (χ3v) is 8.08. The minimum Gasteiger partial charge on any atom is -0.396 e. The zero-order valence-corrected chi connectivity index (χ0v) is 18.1. The largest absolute Gasteiger partial charge is 0.396 e. The van der Waals surface area contributed by atoms with Gasteiger partial charge in [0.2, 0.25) is 20.0 Å². The molecule has 0 spiro atoms. The fraction of sp³-hybridized carbons (Fsp3) is 0.667. The summed E-state index contributed by atoms with van der Waals surface area (Å²) in [7, 11) is -6.63. The van der Waals surface area contributed by atoms with Gasteiger partial charge in [-0.3, -0.25) is 0 Å². The number of aliphatic hydroxyl groups excluding tert-OH is 1. The van der Waals surface area contributed by atoms with E-state index in [0.717, 1.165) is 11.1 Å². The van der Waals surface area contributed by atoms with Crippen LogP contribution in [0.15, 0.2) is 24.3 Å². The van der Waals surface area contributed by atoms with E-state index < -0.39 is 30.5 Å². The highest BCUT2D eigenvalue weighted by Crippen LogP contribution is 2.20. The molecule has 0 amide bonds. The van der Waals surface area contributed by atoms with Crippen molar-refractivity contribution in [2.24, 2.45) is 0 Å². The Bertz CT molecular complexity index is 772. The summed E-state index contributed by atoms with van der Waals surface area (Å²) in [6.45, 7) is 7.02. The van der Waals surface area contributed by atoms with Gasteiger partial charge in [0.15, 0.2) is 0 Å². The van der Waals surface area contributed by atoms with E-state index in [1.165, 1.54) is 0 Å². The van der Waals surface area contributed by atoms with Gasteiger partial charge in [0.25, 0.3) is 0 Å². The first kappa shape index (κ1) is 24.0. The van der Waals surface area contributed by atoms with Crippen LogP contribution in [0, 0.1) is 0 Å². The van der Waals surface area contributed by atoms with Crippen molar-refractivity contribution in [1.29, 1.82) is 0 Å². The Labute approximate surface area is 163 Å². The van der Waals surface area contributed by atoms with Crippen molar-refractivity contribution in [2.75, 3.05) is 19.7 Å². The lowest BCUT2D eigenvalue weighted by molar-refractivity contribution is 0.275. The van der Waals surface area contributed by atoms with Crippen LogP contribution >= 0.6 is 0 Å². The molecule has 7 nitrogen and oxygen atoms in total. The SMILES string of the molecule is CC(C)S(=O)(=O)NCCc1ccc(C(CCO)CNS(=O)(=O)C(C)C)cc1. The number of sulfonamides is 2. The second-order valence-electron chi connectivity index (χ2n) is 7.13. The molecule has 0 aliphatic rings. The molecule has 0 saturated heterocycles. The molecule has 1 aromatic rings. The van der Waals surface area contributed by atoms with E-state index in [1.54, 1.807) is 27.7 Å². The number of aliphatic hydroxyl groups is 1. The summed E-state index contributed by atoms with van der Waals surface area (Å²) in [5, 5.41) is 8.31. The van der Waals surface area contributed by atoms with E-state index in [2.05, 4.69) is 9.44 Å². The topological polar surface area (TPSA) is 113 Å². The highest BCUT2D eigenvalue weighted by Gasteiger charge is 2.19. The van der Waals surface area contributed by atoms with Crippen molar-refractivity contribution in [3.8, 4) is 0 Å². The maximum absolute atomic E-state index is 11.9. The Morgan fingerprint density at radius 1 is 0.889 bits per heavy atom. The smallest absolute Gasteiger partial charge is 0.213 e. The van der Waals surface area contributed by atoms with Gasteiger partial charge in [-0.2, -0.15) is 0 Å². The standard InChI is InChI=1S/C18H32N2O5S2/c1-14(2)26(22,23)19-11-9-16-5-7-17(8-6-16)18(10-12-21)13-20-27(24,25)15(3)4/h5-8,14-15,18-21H,9-13H2,1-4H3. The summed E-state index contributed by atoms with van der Waals surface area (Å²) in [6, 6.07) is 7.60. The lowest BCUT2D eigenvalue weighted by Crippen LogP contribution is -2.34. The highest BCUT2D eigenvalue weighted by atomic mass is 32.2. The lowest BCUT2D eigenvalue weighted by atomic mass is 9.95. The first-order valence-corrected chi connectivity index (χ1v) is 12.3. The van der Waals surface area contributed by atoms with Crippen molar-refractivity contribution < 1.29 is 21.9 Å². The third-order valence-electron chi connectivity index (χ3n) is 4.42. The molecular formula is C18H32N2O5S2. The molecule has 0 aliphatic carbocycles. The van der Waals surface area contributed by atoms with Crippen molar-refractivity contribution in [2.45, 2.75) is 57.0 Å². The molecule has 1 aromatic carbocycles. The van der Waals surface area contributed by atoms with Crippen LogP contribution in [-0.4, -0.2) is 52.1 Å². The molecule has 0 fully saturated rings. The Kier molecular flexibility index (Phi) is 9.36. The quantitative estimate of drug-likeness (QED) is 0.472. The zero-order valence-electron chi connectivity index (χ0n) is 16.5. The van der Waals surface area contributed by atoms with E-state index in [0.29, 0.717) is 19.4 Å². The minimum absolute atomic E-state index is 0.0349. The first-order valence-electron chi connectivity index (χ1n) is 9.16. The van der Waals surface area contributed by atoms with E-state index in [4.69, 9.17) is 0 Å².